The molecule has 1 aliphatic carbocycles. The molecule has 0 bridgehead atoms. The zero-order valence-electron chi connectivity index (χ0n) is 12.9. The maximum Gasteiger partial charge on any atom is 0.317 e. The molecule has 0 spiro atoms. The summed E-state index contributed by atoms with van der Waals surface area (Å²) in [6.07, 6.45) is 2.30. The SMILES string of the molecule is O=C(NCC[S@@](=O)c1ccccc1F)N1CCOC[C@@H]1C1CC1. The highest BCUT2D eigenvalue weighted by molar-refractivity contribution is 7.85. The number of nitrogens with one attached hydrogen (secondary N) is 1. The second-order valence-electron chi connectivity index (χ2n) is 5.89. The van der Waals surface area contributed by atoms with E-state index in [1.54, 1.807) is 12.1 Å². The number of hydrogen-bond acceptors (Lipinski definition) is 3. The Morgan fingerprint density at radius 3 is 2.91 bits per heavy atom. The highest BCUT2D eigenvalue weighted by atomic mass is 32.2. The van der Waals surface area contributed by atoms with Gasteiger partial charge in [-0.05, 0) is 30.9 Å². The lowest BCUT2D eigenvalue weighted by atomic mass is 10.1. The van der Waals surface area contributed by atoms with Crippen molar-refractivity contribution in [2.24, 2.45) is 5.92 Å². The predicted molar refractivity (Wildman–Crippen MR) is 85.1 cm³/mol. The minimum Gasteiger partial charge on any atom is -0.377 e. The molecule has 0 aromatic heterocycles. The first-order valence-corrected chi connectivity index (χ1v) is 9.24. The number of amides is 2. The van der Waals surface area contributed by atoms with E-state index in [2.05, 4.69) is 5.32 Å². The summed E-state index contributed by atoms with van der Waals surface area (Å²) in [5.74, 6) is 0.276. The molecule has 126 valence electrons. The van der Waals surface area contributed by atoms with Crippen LogP contribution in [0.2, 0.25) is 0 Å². The lowest BCUT2D eigenvalue weighted by Gasteiger charge is -2.35. The quantitative estimate of drug-likeness (QED) is 0.888. The van der Waals surface area contributed by atoms with Crippen LogP contribution in [-0.4, -0.2) is 53.2 Å². The average Bonchev–Trinajstić information content (AvgIpc) is 3.40. The second-order valence-corrected chi connectivity index (χ2v) is 7.42. The summed E-state index contributed by atoms with van der Waals surface area (Å²) in [5.41, 5.74) is 0. The number of halogens is 1. The Bertz CT molecular complexity index is 594. The van der Waals surface area contributed by atoms with Crippen LogP contribution in [0.3, 0.4) is 0 Å². The van der Waals surface area contributed by atoms with E-state index in [1.807, 2.05) is 4.90 Å². The van der Waals surface area contributed by atoms with Gasteiger partial charge in [-0.1, -0.05) is 12.1 Å². The first kappa shape index (κ1) is 16.4. The van der Waals surface area contributed by atoms with Crippen molar-refractivity contribution in [1.29, 1.82) is 0 Å². The van der Waals surface area contributed by atoms with Crippen LogP contribution in [0.5, 0.6) is 0 Å². The number of ether oxygens (including phenoxy) is 1. The van der Waals surface area contributed by atoms with Gasteiger partial charge in [-0.15, -0.1) is 0 Å². The van der Waals surface area contributed by atoms with Gasteiger partial charge in [0.1, 0.15) is 5.82 Å². The standard InChI is InChI=1S/C16H21FN2O3S/c17-13-3-1-2-4-15(13)23(21)10-7-18-16(20)19-8-9-22-11-14(19)12-5-6-12/h1-4,12,14H,5-11H2,(H,18,20)/t14-,23-/m1/s1. The van der Waals surface area contributed by atoms with Crippen LogP contribution in [0, 0.1) is 11.7 Å². The van der Waals surface area contributed by atoms with Gasteiger partial charge in [-0.3, -0.25) is 4.21 Å². The molecule has 5 nitrogen and oxygen atoms in total. The van der Waals surface area contributed by atoms with Crippen LogP contribution in [0.4, 0.5) is 9.18 Å². The number of morpholine rings is 1. The van der Waals surface area contributed by atoms with Crippen LogP contribution >= 0.6 is 0 Å². The number of carbonyl (C=O) groups is 1. The minimum absolute atomic E-state index is 0.143. The average molecular weight is 340 g/mol. The van der Waals surface area contributed by atoms with Crippen molar-refractivity contribution in [3.8, 4) is 0 Å². The van der Waals surface area contributed by atoms with Crippen LogP contribution in [0.1, 0.15) is 12.8 Å². The topological polar surface area (TPSA) is 58.6 Å². The fraction of sp³-hybridized carbons (Fsp3) is 0.562. The Morgan fingerprint density at radius 1 is 1.39 bits per heavy atom. The maximum atomic E-state index is 13.6. The van der Waals surface area contributed by atoms with Crippen molar-refractivity contribution < 1.29 is 18.1 Å². The summed E-state index contributed by atoms with van der Waals surface area (Å²) < 4.78 is 31.1. The van der Waals surface area contributed by atoms with E-state index in [1.165, 1.54) is 12.1 Å². The van der Waals surface area contributed by atoms with E-state index in [4.69, 9.17) is 4.74 Å². The van der Waals surface area contributed by atoms with E-state index >= 15 is 0 Å². The lowest BCUT2D eigenvalue weighted by molar-refractivity contribution is 0.00484. The molecule has 0 unspecified atom stereocenters. The Morgan fingerprint density at radius 2 is 2.17 bits per heavy atom. The third-order valence-electron chi connectivity index (χ3n) is 4.24. The number of carbonyl (C=O) groups excluding carboxylic acids is 1. The predicted octanol–water partition coefficient (Wildman–Crippen LogP) is 1.75. The summed E-state index contributed by atoms with van der Waals surface area (Å²) >= 11 is 0. The summed E-state index contributed by atoms with van der Waals surface area (Å²) in [4.78, 5) is 14.3. The van der Waals surface area contributed by atoms with Gasteiger partial charge in [0.2, 0.25) is 0 Å². The van der Waals surface area contributed by atoms with Gasteiger partial charge < -0.3 is 15.0 Å². The van der Waals surface area contributed by atoms with E-state index in [0.717, 1.165) is 12.8 Å². The molecular weight excluding hydrogens is 319 g/mol. The fourth-order valence-corrected chi connectivity index (χ4v) is 3.86. The van der Waals surface area contributed by atoms with E-state index in [9.17, 15) is 13.4 Å². The van der Waals surface area contributed by atoms with Crippen LogP contribution < -0.4 is 5.32 Å². The molecule has 0 radical (unpaired) electrons. The van der Waals surface area contributed by atoms with Gasteiger partial charge in [-0.2, -0.15) is 0 Å². The zero-order valence-corrected chi connectivity index (χ0v) is 13.7. The molecule has 23 heavy (non-hydrogen) atoms. The largest absolute Gasteiger partial charge is 0.377 e. The third kappa shape index (κ3) is 4.09. The Labute approximate surface area is 137 Å². The van der Waals surface area contributed by atoms with Crippen LogP contribution in [-0.2, 0) is 15.5 Å². The van der Waals surface area contributed by atoms with Crippen LogP contribution in [0.25, 0.3) is 0 Å². The molecule has 2 atom stereocenters. The molecule has 3 rings (SSSR count). The number of benzene rings is 1. The zero-order chi connectivity index (χ0) is 16.2. The van der Waals surface area contributed by atoms with Crippen molar-refractivity contribution in [3.63, 3.8) is 0 Å². The van der Waals surface area contributed by atoms with Gasteiger partial charge in [0.25, 0.3) is 0 Å². The first-order chi connectivity index (χ1) is 11.2. The van der Waals surface area contributed by atoms with E-state index in [-0.39, 0.29) is 29.3 Å². The first-order valence-electron chi connectivity index (χ1n) is 7.92. The highest BCUT2D eigenvalue weighted by Crippen LogP contribution is 2.36. The number of urea groups is 1. The van der Waals surface area contributed by atoms with Crippen molar-refractivity contribution in [1.82, 2.24) is 10.2 Å². The summed E-state index contributed by atoms with van der Waals surface area (Å²) in [6, 6.07) is 6.03. The Hall–Kier alpha value is -1.47. The molecule has 2 amide bonds. The van der Waals surface area contributed by atoms with Gasteiger partial charge in [0, 0.05) is 18.8 Å². The van der Waals surface area contributed by atoms with Crippen LogP contribution in [0.15, 0.2) is 29.2 Å². The maximum absolute atomic E-state index is 13.6. The van der Waals surface area contributed by atoms with E-state index < -0.39 is 16.6 Å². The van der Waals surface area contributed by atoms with Gasteiger partial charge in [-0.25, -0.2) is 9.18 Å². The lowest BCUT2D eigenvalue weighted by Crippen LogP contribution is -2.53. The van der Waals surface area contributed by atoms with Crippen molar-refractivity contribution >= 4 is 16.8 Å². The summed E-state index contributed by atoms with van der Waals surface area (Å²) in [5, 5.41) is 2.80. The summed E-state index contributed by atoms with van der Waals surface area (Å²) in [6.45, 7) is 2.00. The molecule has 1 aliphatic heterocycles. The van der Waals surface area contributed by atoms with Gasteiger partial charge in [0.15, 0.2) is 0 Å². The van der Waals surface area contributed by atoms with Crippen molar-refractivity contribution in [3.05, 3.63) is 30.1 Å². The molecule has 7 heteroatoms. The molecular formula is C16H21FN2O3S. The van der Waals surface area contributed by atoms with Gasteiger partial charge in [0.05, 0.1) is 35.0 Å². The molecule has 1 heterocycles. The third-order valence-corrected chi connectivity index (χ3v) is 5.63. The Balaban J connectivity index is 1.49. The molecule has 1 saturated heterocycles. The molecule has 1 aromatic rings. The normalized spacial score (nSPS) is 22.7. The number of hydrogen-bond donors (Lipinski definition) is 1. The molecule has 2 aliphatic rings. The molecule has 1 N–H and O–H groups in total. The summed E-state index contributed by atoms with van der Waals surface area (Å²) in [7, 11) is -1.45. The Kier molecular flexibility index (Phi) is 5.27. The highest BCUT2D eigenvalue weighted by Gasteiger charge is 2.39. The molecule has 1 saturated carbocycles. The minimum atomic E-state index is -1.45. The number of nitrogens with zero attached hydrogens (tertiary/aromatic N) is 1. The molecule has 1 aromatic carbocycles. The number of rotatable bonds is 5. The monoisotopic (exact) mass is 340 g/mol. The fourth-order valence-electron chi connectivity index (χ4n) is 2.84. The van der Waals surface area contributed by atoms with Gasteiger partial charge >= 0.3 is 6.03 Å². The van der Waals surface area contributed by atoms with Crippen molar-refractivity contribution in [2.45, 2.75) is 23.8 Å². The van der Waals surface area contributed by atoms with E-state index in [0.29, 0.717) is 25.7 Å². The molecule has 2 fully saturated rings. The second kappa shape index (κ2) is 7.40. The van der Waals surface area contributed by atoms with Crippen molar-refractivity contribution in [2.75, 3.05) is 32.1 Å². The smallest absolute Gasteiger partial charge is 0.317 e.